The summed E-state index contributed by atoms with van der Waals surface area (Å²) in [6.07, 6.45) is 0. The summed E-state index contributed by atoms with van der Waals surface area (Å²) in [5.74, 6) is -1.67. The van der Waals surface area contributed by atoms with Crippen molar-refractivity contribution in [3.05, 3.63) is 34.2 Å². The molecule has 0 aliphatic carbocycles. The van der Waals surface area contributed by atoms with Gasteiger partial charge in [0.15, 0.2) is 0 Å². The molecule has 1 heterocycles. The smallest absolute Gasteiger partial charge is 0.323 e. The number of benzene rings is 1. The van der Waals surface area contributed by atoms with E-state index < -0.39 is 18.1 Å². The number of carbonyl (C=O) groups is 1. The van der Waals surface area contributed by atoms with Crippen LogP contribution >= 0.6 is 0 Å². The highest BCUT2D eigenvalue weighted by atomic mass is 16.4. The van der Waals surface area contributed by atoms with Crippen LogP contribution in [0.5, 0.6) is 11.5 Å². The molecule has 2 rings (SSSR count). The maximum Gasteiger partial charge on any atom is 0.323 e. The van der Waals surface area contributed by atoms with Crippen molar-refractivity contribution in [3.63, 3.8) is 0 Å². The third-order valence-corrected chi connectivity index (χ3v) is 2.68. The topological polar surface area (TPSA) is 99.8 Å². The molecule has 1 aromatic carbocycles. The van der Waals surface area contributed by atoms with Gasteiger partial charge < -0.3 is 19.9 Å². The third kappa shape index (κ3) is 1.88. The zero-order valence-electron chi connectivity index (χ0n) is 9.54. The average Bonchev–Trinajstić information content (AvgIpc) is 2.22. The van der Waals surface area contributed by atoms with Crippen molar-refractivity contribution in [2.24, 2.45) is 0 Å². The Hall–Kier alpha value is -2.50. The van der Waals surface area contributed by atoms with Gasteiger partial charge in [-0.15, -0.1) is 0 Å². The van der Waals surface area contributed by atoms with Crippen molar-refractivity contribution in [1.29, 1.82) is 0 Å². The average molecular weight is 249 g/mol. The Labute approximate surface area is 101 Å². The Morgan fingerprint density at radius 1 is 1.28 bits per heavy atom. The van der Waals surface area contributed by atoms with Crippen molar-refractivity contribution in [2.75, 3.05) is 0 Å². The van der Waals surface area contributed by atoms with E-state index in [4.69, 9.17) is 5.11 Å². The van der Waals surface area contributed by atoms with Crippen LogP contribution in [0.4, 0.5) is 0 Å². The van der Waals surface area contributed by atoms with E-state index in [1.807, 2.05) is 0 Å². The molecule has 3 N–H and O–H groups in total. The number of carboxylic acids is 1. The summed E-state index contributed by atoms with van der Waals surface area (Å²) >= 11 is 0. The summed E-state index contributed by atoms with van der Waals surface area (Å²) in [6, 6.07) is 3.93. The number of phenols is 2. The van der Waals surface area contributed by atoms with Crippen LogP contribution in [0.25, 0.3) is 10.8 Å². The minimum Gasteiger partial charge on any atom is -0.508 e. The number of nitrogens with zero attached hydrogens (tertiary/aromatic N) is 1. The largest absolute Gasteiger partial charge is 0.508 e. The van der Waals surface area contributed by atoms with Crippen LogP contribution in [0, 0.1) is 6.92 Å². The van der Waals surface area contributed by atoms with E-state index in [0.29, 0.717) is 11.1 Å². The summed E-state index contributed by atoms with van der Waals surface area (Å²) in [5, 5.41) is 28.1. The van der Waals surface area contributed by atoms with E-state index in [-0.39, 0.29) is 16.9 Å². The molecule has 0 fully saturated rings. The quantitative estimate of drug-likeness (QED) is 0.731. The highest BCUT2D eigenvalue weighted by Crippen LogP contribution is 2.27. The van der Waals surface area contributed by atoms with Crippen LogP contribution in [0.2, 0.25) is 0 Å². The molecule has 6 nitrogen and oxygen atoms in total. The monoisotopic (exact) mass is 249 g/mol. The molecule has 0 aliphatic heterocycles. The number of carboxylic acid groups (broad SMARTS) is 1. The third-order valence-electron chi connectivity index (χ3n) is 2.68. The Bertz CT molecular complexity index is 702. The number of hydrogen-bond donors (Lipinski definition) is 3. The molecule has 0 atom stereocenters. The molecular formula is C12H11NO5. The second kappa shape index (κ2) is 4.06. The van der Waals surface area contributed by atoms with Crippen molar-refractivity contribution < 1.29 is 20.1 Å². The molecule has 0 radical (unpaired) electrons. The van der Waals surface area contributed by atoms with Crippen molar-refractivity contribution in [3.8, 4) is 11.5 Å². The van der Waals surface area contributed by atoms with Gasteiger partial charge in [-0.25, -0.2) is 0 Å². The lowest BCUT2D eigenvalue weighted by Gasteiger charge is -2.10. The Balaban J connectivity index is 2.85. The number of rotatable bonds is 2. The molecule has 1 aromatic heterocycles. The normalized spacial score (nSPS) is 10.7. The second-order valence-corrected chi connectivity index (χ2v) is 4.00. The molecule has 0 aliphatic rings. The van der Waals surface area contributed by atoms with Crippen LogP contribution in [0.15, 0.2) is 23.0 Å². The minimum absolute atomic E-state index is 0.000324. The Morgan fingerprint density at radius 2 is 1.94 bits per heavy atom. The van der Waals surface area contributed by atoms with E-state index in [0.717, 1.165) is 10.6 Å². The Morgan fingerprint density at radius 3 is 2.56 bits per heavy atom. The second-order valence-electron chi connectivity index (χ2n) is 4.00. The molecule has 2 aromatic rings. The lowest BCUT2D eigenvalue weighted by Crippen LogP contribution is -2.26. The first-order valence-corrected chi connectivity index (χ1v) is 5.18. The van der Waals surface area contributed by atoms with Gasteiger partial charge >= 0.3 is 5.97 Å². The highest BCUT2D eigenvalue weighted by Gasteiger charge is 2.13. The number of aliphatic carboxylic acids is 1. The molecule has 0 amide bonds. The fourth-order valence-electron chi connectivity index (χ4n) is 1.91. The highest BCUT2D eigenvalue weighted by molar-refractivity contribution is 5.89. The van der Waals surface area contributed by atoms with Gasteiger partial charge in [0.1, 0.15) is 18.0 Å². The SMILES string of the molecule is Cc1cc2cc(O)cc(O)c2c(=O)n1CC(=O)O. The molecule has 0 unspecified atom stereocenters. The summed E-state index contributed by atoms with van der Waals surface area (Å²) in [5.41, 5.74) is -0.148. The first-order chi connectivity index (χ1) is 8.40. The van der Waals surface area contributed by atoms with E-state index in [1.54, 1.807) is 13.0 Å². The van der Waals surface area contributed by atoms with Gasteiger partial charge in [0.2, 0.25) is 0 Å². The fraction of sp³-hybridized carbons (Fsp3) is 0.167. The zero-order valence-corrected chi connectivity index (χ0v) is 9.54. The molecule has 0 saturated carbocycles. The molecule has 0 bridgehead atoms. The number of phenolic OH excluding ortho intramolecular Hbond substituents is 2. The molecule has 94 valence electrons. The van der Waals surface area contributed by atoms with Gasteiger partial charge in [0, 0.05) is 11.8 Å². The van der Waals surface area contributed by atoms with Gasteiger partial charge in [-0.2, -0.15) is 0 Å². The van der Waals surface area contributed by atoms with Crippen LogP contribution in [-0.2, 0) is 11.3 Å². The number of aryl methyl sites for hydroxylation is 1. The van der Waals surface area contributed by atoms with Crippen molar-refractivity contribution >= 4 is 16.7 Å². The van der Waals surface area contributed by atoms with E-state index in [2.05, 4.69) is 0 Å². The van der Waals surface area contributed by atoms with Gasteiger partial charge in [-0.3, -0.25) is 9.59 Å². The predicted octanol–water partition coefficient (Wildman–Crippen LogP) is 0.806. The van der Waals surface area contributed by atoms with Crippen molar-refractivity contribution in [2.45, 2.75) is 13.5 Å². The van der Waals surface area contributed by atoms with Crippen LogP contribution in [0.1, 0.15) is 5.69 Å². The summed E-state index contributed by atoms with van der Waals surface area (Å²) in [6.45, 7) is 1.12. The molecule has 18 heavy (non-hydrogen) atoms. The maximum atomic E-state index is 12.1. The van der Waals surface area contributed by atoms with Gasteiger partial charge in [0.05, 0.1) is 5.39 Å². The van der Waals surface area contributed by atoms with Crippen molar-refractivity contribution in [1.82, 2.24) is 4.57 Å². The van der Waals surface area contributed by atoms with E-state index in [1.165, 1.54) is 6.07 Å². The van der Waals surface area contributed by atoms with Gasteiger partial charge in [-0.1, -0.05) is 0 Å². The first kappa shape index (κ1) is 12.0. The summed E-state index contributed by atoms with van der Waals surface area (Å²) < 4.78 is 1.06. The number of fused-ring (bicyclic) bond motifs is 1. The molecule has 0 spiro atoms. The standard InChI is InChI=1S/C12H11NO5/c1-6-2-7-3-8(14)4-9(15)11(7)12(18)13(6)5-10(16)17/h2-4,14-15H,5H2,1H3,(H,16,17). The van der Waals surface area contributed by atoms with Gasteiger partial charge in [0.25, 0.3) is 5.56 Å². The molecular weight excluding hydrogens is 238 g/mol. The number of pyridine rings is 1. The Kier molecular flexibility index (Phi) is 2.70. The predicted molar refractivity (Wildman–Crippen MR) is 63.9 cm³/mol. The number of hydrogen-bond acceptors (Lipinski definition) is 4. The fourth-order valence-corrected chi connectivity index (χ4v) is 1.91. The summed E-state index contributed by atoms with van der Waals surface area (Å²) in [4.78, 5) is 22.8. The van der Waals surface area contributed by atoms with E-state index >= 15 is 0 Å². The molecule has 6 heteroatoms. The maximum absolute atomic E-state index is 12.1. The van der Waals surface area contributed by atoms with Gasteiger partial charge in [-0.05, 0) is 24.4 Å². The molecule has 0 saturated heterocycles. The number of aromatic hydroxyl groups is 2. The first-order valence-electron chi connectivity index (χ1n) is 5.18. The summed E-state index contributed by atoms with van der Waals surface area (Å²) in [7, 11) is 0. The lowest BCUT2D eigenvalue weighted by molar-refractivity contribution is -0.137. The lowest BCUT2D eigenvalue weighted by atomic mass is 10.1. The van der Waals surface area contributed by atoms with E-state index in [9.17, 15) is 19.8 Å². The van der Waals surface area contributed by atoms with Crippen LogP contribution in [-0.4, -0.2) is 25.9 Å². The number of aromatic nitrogens is 1. The zero-order chi connectivity index (χ0) is 13.4. The van der Waals surface area contributed by atoms with Crippen LogP contribution in [0.3, 0.4) is 0 Å². The van der Waals surface area contributed by atoms with Crippen LogP contribution < -0.4 is 5.56 Å². The minimum atomic E-state index is -1.14.